The summed E-state index contributed by atoms with van der Waals surface area (Å²) in [7, 11) is 3.66. The van der Waals surface area contributed by atoms with Gasteiger partial charge in [-0.05, 0) is 25.7 Å². The first-order valence-electron chi connectivity index (χ1n) is 6.09. The SMILES string of the molecule is COC1CCC(N(C)C(=O)C(C)CN)CC1.Cl. The summed E-state index contributed by atoms with van der Waals surface area (Å²) in [4.78, 5) is 13.8. The molecule has 5 heteroatoms. The minimum atomic E-state index is -0.0647. The van der Waals surface area contributed by atoms with Gasteiger partial charge in [0.25, 0.3) is 0 Å². The molecule has 1 atom stereocenters. The van der Waals surface area contributed by atoms with E-state index in [1.165, 1.54) is 0 Å². The molecule has 1 unspecified atom stereocenters. The predicted octanol–water partition coefficient (Wildman–Crippen LogP) is 1.42. The summed E-state index contributed by atoms with van der Waals surface area (Å²) in [5.74, 6) is 0.105. The zero-order valence-electron chi connectivity index (χ0n) is 11.0. The quantitative estimate of drug-likeness (QED) is 0.836. The number of amides is 1. The lowest BCUT2D eigenvalue weighted by atomic mass is 9.91. The number of carbonyl (C=O) groups is 1. The molecule has 4 nitrogen and oxygen atoms in total. The Labute approximate surface area is 110 Å². The molecule has 0 heterocycles. The van der Waals surface area contributed by atoms with Gasteiger partial charge in [0.05, 0.1) is 6.10 Å². The Morgan fingerprint density at radius 1 is 1.41 bits per heavy atom. The van der Waals surface area contributed by atoms with Crippen LogP contribution in [0.4, 0.5) is 0 Å². The van der Waals surface area contributed by atoms with Crippen LogP contribution in [0.25, 0.3) is 0 Å². The highest BCUT2D eigenvalue weighted by Gasteiger charge is 2.27. The van der Waals surface area contributed by atoms with Gasteiger partial charge in [0, 0.05) is 32.7 Å². The van der Waals surface area contributed by atoms with E-state index in [-0.39, 0.29) is 24.2 Å². The Morgan fingerprint density at radius 3 is 2.35 bits per heavy atom. The zero-order chi connectivity index (χ0) is 12.1. The molecular weight excluding hydrogens is 240 g/mol. The molecule has 0 aromatic carbocycles. The van der Waals surface area contributed by atoms with Crippen molar-refractivity contribution in [2.45, 2.75) is 44.8 Å². The fourth-order valence-corrected chi connectivity index (χ4v) is 2.30. The minimum absolute atomic E-state index is 0. The number of halogens is 1. The third kappa shape index (κ3) is 4.45. The highest BCUT2D eigenvalue weighted by atomic mass is 35.5. The molecule has 17 heavy (non-hydrogen) atoms. The van der Waals surface area contributed by atoms with Gasteiger partial charge in [-0.1, -0.05) is 6.92 Å². The standard InChI is InChI=1S/C12H24N2O2.ClH/c1-9(8-13)12(15)14(2)10-4-6-11(16-3)7-5-10;/h9-11H,4-8,13H2,1-3H3;1H. The molecule has 0 saturated heterocycles. The lowest BCUT2D eigenvalue weighted by Gasteiger charge is -2.35. The Kier molecular flexibility index (Phi) is 7.75. The topological polar surface area (TPSA) is 55.6 Å². The van der Waals surface area contributed by atoms with Crippen molar-refractivity contribution in [2.75, 3.05) is 20.7 Å². The number of methoxy groups -OCH3 is 1. The number of nitrogens with two attached hydrogens (primary N) is 1. The van der Waals surface area contributed by atoms with Gasteiger partial charge in [0.2, 0.25) is 5.91 Å². The van der Waals surface area contributed by atoms with Crippen molar-refractivity contribution >= 4 is 18.3 Å². The van der Waals surface area contributed by atoms with E-state index in [1.54, 1.807) is 7.11 Å². The van der Waals surface area contributed by atoms with Gasteiger partial charge >= 0.3 is 0 Å². The Morgan fingerprint density at radius 2 is 1.94 bits per heavy atom. The molecule has 1 aliphatic carbocycles. The summed E-state index contributed by atoms with van der Waals surface area (Å²) in [6.07, 6.45) is 4.56. The van der Waals surface area contributed by atoms with Gasteiger partial charge in [0.15, 0.2) is 0 Å². The van der Waals surface area contributed by atoms with E-state index < -0.39 is 0 Å². The molecule has 0 spiro atoms. The van der Waals surface area contributed by atoms with Crippen LogP contribution in [0.3, 0.4) is 0 Å². The van der Waals surface area contributed by atoms with E-state index in [0.717, 1.165) is 25.7 Å². The van der Waals surface area contributed by atoms with E-state index in [2.05, 4.69) is 0 Å². The van der Waals surface area contributed by atoms with Gasteiger partial charge in [-0.15, -0.1) is 12.4 Å². The van der Waals surface area contributed by atoms with Gasteiger partial charge in [-0.2, -0.15) is 0 Å². The summed E-state index contributed by atoms with van der Waals surface area (Å²) in [6, 6.07) is 0.368. The van der Waals surface area contributed by atoms with Gasteiger partial charge in [-0.3, -0.25) is 4.79 Å². The highest BCUT2D eigenvalue weighted by molar-refractivity contribution is 5.85. The zero-order valence-corrected chi connectivity index (χ0v) is 11.8. The van der Waals surface area contributed by atoms with Crippen LogP contribution in [-0.2, 0) is 9.53 Å². The molecule has 0 radical (unpaired) electrons. The average Bonchev–Trinajstić information content (AvgIpc) is 2.36. The molecule has 0 bridgehead atoms. The third-order valence-corrected chi connectivity index (χ3v) is 3.65. The second-order valence-corrected chi connectivity index (χ2v) is 4.75. The second-order valence-electron chi connectivity index (χ2n) is 4.75. The smallest absolute Gasteiger partial charge is 0.226 e. The third-order valence-electron chi connectivity index (χ3n) is 3.65. The molecule has 0 aromatic heterocycles. The first-order valence-corrected chi connectivity index (χ1v) is 6.09. The molecule has 1 saturated carbocycles. The molecule has 1 fully saturated rings. The van der Waals surface area contributed by atoms with Gasteiger partial charge in [-0.25, -0.2) is 0 Å². The van der Waals surface area contributed by atoms with Crippen LogP contribution in [0.15, 0.2) is 0 Å². The molecule has 0 aromatic rings. The van der Waals surface area contributed by atoms with Crippen molar-refractivity contribution in [1.29, 1.82) is 0 Å². The molecule has 102 valence electrons. The van der Waals surface area contributed by atoms with E-state index in [9.17, 15) is 4.79 Å². The summed E-state index contributed by atoms with van der Waals surface area (Å²) in [6.45, 7) is 2.32. The fourth-order valence-electron chi connectivity index (χ4n) is 2.30. The maximum Gasteiger partial charge on any atom is 0.226 e. The van der Waals surface area contributed by atoms with Crippen LogP contribution in [0.2, 0.25) is 0 Å². The van der Waals surface area contributed by atoms with Gasteiger partial charge in [0.1, 0.15) is 0 Å². The molecule has 1 amide bonds. The Balaban J connectivity index is 0.00000256. The van der Waals surface area contributed by atoms with Crippen LogP contribution >= 0.6 is 12.4 Å². The largest absolute Gasteiger partial charge is 0.381 e. The van der Waals surface area contributed by atoms with Crippen molar-refractivity contribution in [3.8, 4) is 0 Å². The maximum absolute atomic E-state index is 11.9. The molecule has 1 rings (SSSR count). The highest BCUT2D eigenvalue weighted by Crippen LogP contribution is 2.24. The first-order chi connectivity index (χ1) is 7.60. The fraction of sp³-hybridized carbons (Fsp3) is 0.917. The predicted molar refractivity (Wildman–Crippen MR) is 71.3 cm³/mol. The van der Waals surface area contributed by atoms with E-state index in [4.69, 9.17) is 10.5 Å². The van der Waals surface area contributed by atoms with Crippen LogP contribution < -0.4 is 5.73 Å². The van der Waals surface area contributed by atoms with Crippen molar-refractivity contribution in [3.05, 3.63) is 0 Å². The number of hydrogen-bond donors (Lipinski definition) is 1. The van der Waals surface area contributed by atoms with E-state index in [1.807, 2.05) is 18.9 Å². The first kappa shape index (κ1) is 16.7. The summed E-state index contributed by atoms with van der Waals surface area (Å²) >= 11 is 0. The summed E-state index contributed by atoms with van der Waals surface area (Å²) in [5, 5.41) is 0. The van der Waals surface area contributed by atoms with Crippen LogP contribution in [0.1, 0.15) is 32.6 Å². The van der Waals surface area contributed by atoms with Crippen molar-refractivity contribution in [3.63, 3.8) is 0 Å². The van der Waals surface area contributed by atoms with Crippen molar-refractivity contribution in [2.24, 2.45) is 11.7 Å². The Hall–Kier alpha value is -0.320. The van der Waals surface area contributed by atoms with Crippen LogP contribution in [0.5, 0.6) is 0 Å². The maximum atomic E-state index is 11.9. The Bertz CT molecular complexity index is 231. The normalized spacial score (nSPS) is 25.9. The number of nitrogens with zero attached hydrogens (tertiary/aromatic N) is 1. The molecule has 0 aliphatic heterocycles. The van der Waals surface area contributed by atoms with Crippen LogP contribution in [0, 0.1) is 5.92 Å². The number of carbonyl (C=O) groups excluding carboxylic acids is 1. The van der Waals surface area contributed by atoms with E-state index in [0.29, 0.717) is 18.7 Å². The lowest BCUT2D eigenvalue weighted by molar-refractivity contribution is -0.136. The van der Waals surface area contributed by atoms with Gasteiger partial charge < -0.3 is 15.4 Å². The molecule has 2 N–H and O–H groups in total. The van der Waals surface area contributed by atoms with Crippen molar-refractivity contribution < 1.29 is 9.53 Å². The van der Waals surface area contributed by atoms with Crippen molar-refractivity contribution in [1.82, 2.24) is 4.90 Å². The molecular formula is C12H25ClN2O2. The van der Waals surface area contributed by atoms with Crippen LogP contribution in [-0.4, -0.2) is 43.7 Å². The number of rotatable bonds is 4. The second kappa shape index (κ2) is 7.90. The van der Waals surface area contributed by atoms with E-state index >= 15 is 0 Å². The number of ether oxygens (including phenoxy) is 1. The monoisotopic (exact) mass is 264 g/mol. The summed E-state index contributed by atoms with van der Waals surface area (Å²) < 4.78 is 5.32. The summed E-state index contributed by atoms with van der Waals surface area (Å²) in [5.41, 5.74) is 5.52. The minimum Gasteiger partial charge on any atom is -0.381 e. The number of hydrogen-bond acceptors (Lipinski definition) is 3. The average molecular weight is 265 g/mol. The molecule has 1 aliphatic rings. The lowest BCUT2D eigenvalue weighted by Crippen LogP contribution is -2.44.